The van der Waals surface area contributed by atoms with Crippen LogP contribution in [0.4, 0.5) is 13.6 Å². The molecule has 1 atom stereocenters. The van der Waals surface area contributed by atoms with E-state index in [1.165, 1.54) is 0 Å². The average molecular weight is 251 g/mol. The molecule has 1 rings (SSSR count). The largest absolute Gasteiger partial charge is 0.444 e. The van der Waals surface area contributed by atoms with Crippen LogP contribution in [0.5, 0.6) is 0 Å². The van der Waals surface area contributed by atoms with Gasteiger partial charge in [-0.3, -0.25) is 4.90 Å². The van der Waals surface area contributed by atoms with Crippen molar-refractivity contribution >= 4 is 6.09 Å². The number of rotatable bonds is 2. The number of aliphatic hydroxyl groups is 1. The van der Waals surface area contributed by atoms with Crippen LogP contribution >= 0.6 is 0 Å². The monoisotopic (exact) mass is 251 g/mol. The summed E-state index contributed by atoms with van der Waals surface area (Å²) in [6.45, 7) is 4.19. The third-order valence-electron chi connectivity index (χ3n) is 2.47. The number of halogens is 2. The summed E-state index contributed by atoms with van der Waals surface area (Å²) in [5, 5.41) is 8.81. The first kappa shape index (κ1) is 14.2. The summed E-state index contributed by atoms with van der Waals surface area (Å²) in [7, 11) is 0. The molecule has 1 aliphatic heterocycles. The molecule has 100 valence electrons. The number of carbonyl (C=O) groups is 1. The third-order valence-corrected chi connectivity index (χ3v) is 2.47. The molecule has 0 aromatic heterocycles. The van der Waals surface area contributed by atoms with Crippen LogP contribution in [-0.4, -0.2) is 46.8 Å². The molecule has 17 heavy (non-hydrogen) atoms. The normalized spacial score (nSPS) is 23.9. The second kappa shape index (κ2) is 4.76. The smallest absolute Gasteiger partial charge is 0.410 e. The zero-order valence-electron chi connectivity index (χ0n) is 10.4. The summed E-state index contributed by atoms with van der Waals surface area (Å²) in [5.74, 6) is -2.89. The minimum absolute atomic E-state index is 0.148. The Balaban J connectivity index is 2.70. The van der Waals surface area contributed by atoms with E-state index in [4.69, 9.17) is 9.84 Å². The van der Waals surface area contributed by atoms with Gasteiger partial charge in [-0.2, -0.15) is 0 Å². The summed E-state index contributed by atoms with van der Waals surface area (Å²) < 4.78 is 31.5. The molecule has 0 radical (unpaired) electrons. The van der Waals surface area contributed by atoms with Gasteiger partial charge < -0.3 is 9.84 Å². The maximum Gasteiger partial charge on any atom is 0.410 e. The van der Waals surface area contributed by atoms with Gasteiger partial charge in [-0.05, 0) is 27.2 Å². The lowest BCUT2D eigenvalue weighted by atomic mass is 10.1. The molecule has 1 fully saturated rings. The Bertz CT molecular complexity index is 289. The Morgan fingerprint density at radius 2 is 2.12 bits per heavy atom. The van der Waals surface area contributed by atoms with Crippen molar-refractivity contribution in [2.24, 2.45) is 0 Å². The summed E-state index contributed by atoms with van der Waals surface area (Å²) in [4.78, 5) is 12.7. The first-order chi connectivity index (χ1) is 7.64. The number of carbonyl (C=O) groups excluding carboxylic acids is 1. The van der Waals surface area contributed by atoms with Gasteiger partial charge in [0.1, 0.15) is 5.60 Å². The van der Waals surface area contributed by atoms with E-state index >= 15 is 0 Å². The van der Waals surface area contributed by atoms with Gasteiger partial charge >= 0.3 is 6.09 Å². The minimum atomic E-state index is -2.89. The molecule has 1 aliphatic rings. The fourth-order valence-corrected chi connectivity index (χ4v) is 1.84. The van der Waals surface area contributed by atoms with Gasteiger partial charge in [0.2, 0.25) is 0 Å². The highest BCUT2D eigenvalue weighted by molar-refractivity contribution is 5.69. The van der Waals surface area contributed by atoms with E-state index in [-0.39, 0.29) is 13.0 Å². The Morgan fingerprint density at radius 3 is 2.59 bits per heavy atom. The van der Waals surface area contributed by atoms with Gasteiger partial charge in [0.15, 0.2) is 0 Å². The molecular weight excluding hydrogens is 232 g/mol. The van der Waals surface area contributed by atoms with Gasteiger partial charge in [0.25, 0.3) is 5.92 Å². The molecular formula is C11H19F2NO3. The van der Waals surface area contributed by atoms with E-state index in [1.54, 1.807) is 20.8 Å². The summed E-state index contributed by atoms with van der Waals surface area (Å²) >= 11 is 0. The molecule has 0 aliphatic carbocycles. The molecule has 0 unspecified atom stereocenters. The number of likely N-dealkylation sites (tertiary alicyclic amines) is 1. The number of aliphatic hydroxyl groups excluding tert-OH is 1. The Morgan fingerprint density at radius 1 is 1.53 bits per heavy atom. The lowest BCUT2D eigenvalue weighted by Gasteiger charge is -2.27. The zero-order chi connectivity index (χ0) is 13.3. The molecule has 0 aromatic carbocycles. The van der Waals surface area contributed by atoms with Crippen molar-refractivity contribution in [2.45, 2.75) is 51.2 Å². The molecule has 6 heteroatoms. The van der Waals surface area contributed by atoms with Crippen molar-refractivity contribution in [2.75, 3.05) is 13.2 Å². The molecule has 1 saturated heterocycles. The second-order valence-corrected chi connectivity index (χ2v) is 5.33. The van der Waals surface area contributed by atoms with Crippen LogP contribution in [0, 0.1) is 0 Å². The SMILES string of the molecule is CC(C)(C)OC(=O)N1CC(F)(F)C[C@@H]1CCO. The van der Waals surface area contributed by atoms with E-state index in [9.17, 15) is 13.6 Å². The fourth-order valence-electron chi connectivity index (χ4n) is 1.84. The summed E-state index contributed by atoms with van der Waals surface area (Å²) in [6, 6.07) is -0.648. The van der Waals surface area contributed by atoms with Crippen LogP contribution in [0.15, 0.2) is 0 Å². The Labute approximate surface area is 99.5 Å². The third kappa shape index (κ3) is 4.11. The molecule has 0 aromatic rings. The highest BCUT2D eigenvalue weighted by Gasteiger charge is 2.47. The van der Waals surface area contributed by atoms with Crippen molar-refractivity contribution < 1.29 is 23.4 Å². The molecule has 4 nitrogen and oxygen atoms in total. The van der Waals surface area contributed by atoms with Gasteiger partial charge in [-0.1, -0.05) is 0 Å². The van der Waals surface area contributed by atoms with E-state index in [2.05, 4.69) is 0 Å². The second-order valence-electron chi connectivity index (χ2n) is 5.33. The lowest BCUT2D eigenvalue weighted by molar-refractivity contribution is -0.00255. The van der Waals surface area contributed by atoms with Crippen LogP contribution in [-0.2, 0) is 4.74 Å². The first-order valence-corrected chi connectivity index (χ1v) is 5.63. The zero-order valence-corrected chi connectivity index (χ0v) is 10.4. The van der Waals surface area contributed by atoms with Gasteiger partial charge in [-0.25, -0.2) is 13.6 Å². The summed E-state index contributed by atoms with van der Waals surface area (Å²) in [6.07, 6.45) is -1.00. The number of hydrogen-bond donors (Lipinski definition) is 1. The molecule has 1 N–H and O–H groups in total. The van der Waals surface area contributed by atoms with E-state index in [0.29, 0.717) is 0 Å². The first-order valence-electron chi connectivity index (χ1n) is 5.63. The number of hydrogen-bond acceptors (Lipinski definition) is 3. The quantitative estimate of drug-likeness (QED) is 0.816. The van der Waals surface area contributed by atoms with Crippen LogP contribution < -0.4 is 0 Å². The predicted octanol–water partition coefficient (Wildman–Crippen LogP) is 2.01. The minimum Gasteiger partial charge on any atom is -0.444 e. The van der Waals surface area contributed by atoms with Gasteiger partial charge in [-0.15, -0.1) is 0 Å². The molecule has 0 saturated carbocycles. The van der Waals surface area contributed by atoms with E-state index in [1.807, 2.05) is 0 Å². The Hall–Kier alpha value is -0.910. The topological polar surface area (TPSA) is 49.8 Å². The molecule has 1 heterocycles. The van der Waals surface area contributed by atoms with Gasteiger partial charge in [0.05, 0.1) is 6.54 Å². The van der Waals surface area contributed by atoms with Crippen molar-refractivity contribution in [3.05, 3.63) is 0 Å². The van der Waals surface area contributed by atoms with Crippen LogP contribution in [0.2, 0.25) is 0 Å². The maximum atomic E-state index is 13.2. The highest BCUT2D eigenvalue weighted by atomic mass is 19.3. The van der Waals surface area contributed by atoms with Crippen molar-refractivity contribution in [3.8, 4) is 0 Å². The van der Waals surface area contributed by atoms with Crippen LogP contribution in [0.1, 0.15) is 33.6 Å². The average Bonchev–Trinajstić information content (AvgIpc) is 2.39. The van der Waals surface area contributed by atoms with Crippen LogP contribution in [0.25, 0.3) is 0 Å². The molecule has 1 amide bonds. The van der Waals surface area contributed by atoms with Crippen molar-refractivity contribution in [3.63, 3.8) is 0 Å². The molecule has 0 bridgehead atoms. The van der Waals surface area contributed by atoms with Crippen molar-refractivity contribution in [1.29, 1.82) is 0 Å². The number of nitrogens with zero attached hydrogens (tertiary/aromatic N) is 1. The Kier molecular flexibility index (Phi) is 3.96. The van der Waals surface area contributed by atoms with Crippen LogP contribution in [0.3, 0.4) is 0 Å². The standard InChI is InChI=1S/C11H19F2NO3/c1-10(2,3)17-9(16)14-7-11(12,13)6-8(14)4-5-15/h8,15H,4-7H2,1-3H3/t8-/m0/s1. The number of ether oxygens (including phenoxy) is 1. The maximum absolute atomic E-state index is 13.2. The van der Waals surface area contributed by atoms with Crippen molar-refractivity contribution in [1.82, 2.24) is 4.90 Å². The van der Waals surface area contributed by atoms with E-state index < -0.39 is 36.6 Å². The lowest BCUT2D eigenvalue weighted by Crippen LogP contribution is -2.40. The predicted molar refractivity (Wildman–Crippen MR) is 58.0 cm³/mol. The number of alkyl halides is 2. The fraction of sp³-hybridized carbons (Fsp3) is 0.909. The van der Waals surface area contributed by atoms with Gasteiger partial charge in [0, 0.05) is 19.1 Å². The van der Waals surface area contributed by atoms with E-state index in [0.717, 1.165) is 4.90 Å². The molecule has 0 spiro atoms. The number of amides is 1. The summed E-state index contributed by atoms with van der Waals surface area (Å²) in [5.41, 5.74) is -0.710. The highest BCUT2D eigenvalue weighted by Crippen LogP contribution is 2.34.